The van der Waals surface area contributed by atoms with Crippen LogP contribution in [0.1, 0.15) is 70.4 Å². The molecule has 5 rings (SSSR count). The van der Waals surface area contributed by atoms with Crippen LogP contribution in [-0.2, 0) is 14.9 Å². The third-order valence-corrected chi connectivity index (χ3v) is 7.60. The van der Waals surface area contributed by atoms with Crippen molar-refractivity contribution >= 4 is 11.5 Å². The zero-order chi connectivity index (χ0) is 22.0. The SMILES string of the molecule is CCOC(=O)/C=C(C)/C=C/C=C(\C)c1ccc(OC)c(C23CC4CC(CC(C4)C2)C3)c1. The highest BCUT2D eigenvalue weighted by Gasteiger charge is 2.52. The Bertz CT molecular complexity index is 883. The molecule has 1 aromatic rings. The fourth-order valence-corrected chi connectivity index (χ4v) is 6.67. The molecular formula is C28H36O3. The average molecular weight is 421 g/mol. The van der Waals surface area contributed by atoms with Gasteiger partial charge in [-0.3, -0.25) is 0 Å². The summed E-state index contributed by atoms with van der Waals surface area (Å²) in [7, 11) is 1.81. The molecule has 4 saturated carbocycles. The van der Waals surface area contributed by atoms with Crippen molar-refractivity contribution < 1.29 is 14.3 Å². The molecule has 0 heterocycles. The second kappa shape index (κ2) is 9.06. The van der Waals surface area contributed by atoms with Crippen LogP contribution in [0.25, 0.3) is 5.57 Å². The van der Waals surface area contributed by atoms with E-state index in [0.29, 0.717) is 12.0 Å². The maximum Gasteiger partial charge on any atom is 0.330 e. The number of carbonyl (C=O) groups excluding carboxylic acids is 1. The van der Waals surface area contributed by atoms with Gasteiger partial charge < -0.3 is 9.47 Å². The molecule has 0 atom stereocenters. The lowest BCUT2D eigenvalue weighted by Gasteiger charge is -2.57. The topological polar surface area (TPSA) is 35.5 Å². The lowest BCUT2D eigenvalue weighted by molar-refractivity contribution is -0.137. The summed E-state index contributed by atoms with van der Waals surface area (Å²) in [5.74, 6) is 3.50. The number of benzene rings is 1. The summed E-state index contributed by atoms with van der Waals surface area (Å²) in [6, 6.07) is 6.73. The van der Waals surface area contributed by atoms with Gasteiger partial charge in [0.25, 0.3) is 0 Å². The first-order valence-electron chi connectivity index (χ1n) is 11.8. The first-order chi connectivity index (χ1) is 14.9. The van der Waals surface area contributed by atoms with Crippen LogP contribution >= 0.6 is 0 Å². The molecule has 166 valence electrons. The molecule has 4 aliphatic rings. The van der Waals surface area contributed by atoms with Crippen molar-refractivity contribution in [1.82, 2.24) is 0 Å². The molecule has 1 aromatic carbocycles. The number of allylic oxidation sites excluding steroid dienone is 5. The summed E-state index contributed by atoms with van der Waals surface area (Å²) >= 11 is 0. The number of methoxy groups -OCH3 is 1. The predicted molar refractivity (Wildman–Crippen MR) is 126 cm³/mol. The van der Waals surface area contributed by atoms with E-state index in [4.69, 9.17) is 9.47 Å². The van der Waals surface area contributed by atoms with Gasteiger partial charge in [-0.25, -0.2) is 4.79 Å². The normalized spacial score (nSPS) is 30.1. The van der Waals surface area contributed by atoms with Crippen molar-refractivity contribution in [2.24, 2.45) is 17.8 Å². The number of hydrogen-bond donors (Lipinski definition) is 0. The van der Waals surface area contributed by atoms with E-state index in [-0.39, 0.29) is 5.97 Å². The summed E-state index contributed by atoms with van der Waals surface area (Å²) in [6.07, 6.45) is 15.9. The molecule has 4 aliphatic carbocycles. The van der Waals surface area contributed by atoms with Crippen LogP contribution in [0.3, 0.4) is 0 Å². The first-order valence-corrected chi connectivity index (χ1v) is 11.8. The van der Waals surface area contributed by atoms with E-state index >= 15 is 0 Å². The fraction of sp³-hybridized carbons (Fsp3) is 0.536. The maximum atomic E-state index is 11.6. The van der Waals surface area contributed by atoms with Gasteiger partial charge in [0.15, 0.2) is 0 Å². The summed E-state index contributed by atoms with van der Waals surface area (Å²) in [5.41, 5.74) is 5.09. The van der Waals surface area contributed by atoms with Crippen molar-refractivity contribution in [3.63, 3.8) is 0 Å². The monoisotopic (exact) mass is 420 g/mol. The van der Waals surface area contributed by atoms with E-state index in [1.807, 2.05) is 33.1 Å². The number of rotatable bonds is 7. The summed E-state index contributed by atoms with van der Waals surface area (Å²) in [5, 5.41) is 0. The third-order valence-electron chi connectivity index (χ3n) is 7.60. The smallest absolute Gasteiger partial charge is 0.330 e. The van der Waals surface area contributed by atoms with Crippen LogP contribution in [0.15, 0.2) is 48.1 Å². The molecule has 3 nitrogen and oxygen atoms in total. The average Bonchev–Trinajstić information content (AvgIpc) is 2.72. The second-order valence-corrected chi connectivity index (χ2v) is 9.96. The van der Waals surface area contributed by atoms with Gasteiger partial charge in [-0.1, -0.05) is 24.3 Å². The largest absolute Gasteiger partial charge is 0.496 e. The quantitative estimate of drug-likeness (QED) is 0.282. The molecule has 0 radical (unpaired) electrons. The van der Waals surface area contributed by atoms with Gasteiger partial charge in [-0.15, -0.1) is 0 Å². The maximum absolute atomic E-state index is 11.6. The van der Waals surface area contributed by atoms with Crippen molar-refractivity contribution in [2.45, 2.75) is 64.7 Å². The van der Waals surface area contributed by atoms with E-state index in [1.165, 1.54) is 61.3 Å². The third kappa shape index (κ3) is 4.66. The van der Waals surface area contributed by atoms with Crippen molar-refractivity contribution in [3.8, 4) is 5.75 Å². The molecule has 4 bridgehead atoms. The molecule has 0 saturated heterocycles. The Labute approximate surface area is 187 Å². The molecule has 0 spiro atoms. The molecule has 0 aliphatic heterocycles. The Morgan fingerprint density at radius 3 is 2.32 bits per heavy atom. The number of hydrogen-bond acceptors (Lipinski definition) is 3. The Balaban J connectivity index is 1.57. The molecule has 0 unspecified atom stereocenters. The van der Waals surface area contributed by atoms with Crippen LogP contribution in [0.4, 0.5) is 0 Å². The molecule has 0 N–H and O–H groups in total. The molecule has 3 heteroatoms. The van der Waals surface area contributed by atoms with Crippen molar-refractivity contribution in [3.05, 3.63) is 59.2 Å². The first kappa shape index (κ1) is 21.9. The highest BCUT2D eigenvalue weighted by atomic mass is 16.5. The number of ether oxygens (including phenoxy) is 2. The molecule has 0 aromatic heterocycles. The van der Waals surface area contributed by atoms with Crippen molar-refractivity contribution in [2.75, 3.05) is 13.7 Å². The molecule has 4 fully saturated rings. The van der Waals surface area contributed by atoms with E-state index in [2.05, 4.69) is 31.2 Å². The number of esters is 1. The Kier molecular flexibility index (Phi) is 6.41. The van der Waals surface area contributed by atoms with Crippen LogP contribution in [-0.4, -0.2) is 19.7 Å². The predicted octanol–water partition coefficient (Wildman–Crippen LogP) is 6.63. The van der Waals surface area contributed by atoms with Crippen LogP contribution in [0.5, 0.6) is 5.75 Å². The van der Waals surface area contributed by atoms with E-state index < -0.39 is 0 Å². The van der Waals surface area contributed by atoms with E-state index in [0.717, 1.165) is 29.1 Å². The van der Waals surface area contributed by atoms with Crippen LogP contribution in [0, 0.1) is 17.8 Å². The molecule has 0 amide bonds. The van der Waals surface area contributed by atoms with Crippen molar-refractivity contribution in [1.29, 1.82) is 0 Å². The van der Waals surface area contributed by atoms with Gasteiger partial charge in [0.05, 0.1) is 13.7 Å². The molecular weight excluding hydrogens is 384 g/mol. The Morgan fingerprint density at radius 2 is 1.74 bits per heavy atom. The highest BCUT2D eigenvalue weighted by Crippen LogP contribution is 2.62. The lowest BCUT2D eigenvalue weighted by Crippen LogP contribution is -2.48. The van der Waals surface area contributed by atoms with Gasteiger partial charge in [0, 0.05) is 11.6 Å². The van der Waals surface area contributed by atoms with Gasteiger partial charge in [0.1, 0.15) is 5.75 Å². The van der Waals surface area contributed by atoms with Crippen LogP contribution in [0.2, 0.25) is 0 Å². The molecule has 31 heavy (non-hydrogen) atoms. The minimum Gasteiger partial charge on any atom is -0.496 e. The second-order valence-electron chi connectivity index (χ2n) is 9.96. The minimum absolute atomic E-state index is 0.291. The Morgan fingerprint density at radius 1 is 1.10 bits per heavy atom. The highest BCUT2D eigenvalue weighted by molar-refractivity contribution is 5.83. The fourth-order valence-electron chi connectivity index (χ4n) is 6.67. The standard InChI is InChI=1S/C28H36O3/c1-5-31-27(29)11-19(2)7-6-8-20(3)24-9-10-26(30-4)25(15-24)28-16-21-12-22(17-28)14-23(13-21)18-28/h6-11,15,21-23H,5,12-14,16-18H2,1-4H3/b7-6+,19-11+,20-8+. The lowest BCUT2D eigenvalue weighted by atomic mass is 9.48. The van der Waals surface area contributed by atoms with E-state index in [9.17, 15) is 4.79 Å². The van der Waals surface area contributed by atoms with Gasteiger partial charge in [0.2, 0.25) is 0 Å². The van der Waals surface area contributed by atoms with E-state index in [1.54, 1.807) is 0 Å². The minimum atomic E-state index is -0.291. The number of carbonyl (C=O) groups is 1. The van der Waals surface area contributed by atoms with Gasteiger partial charge in [-0.2, -0.15) is 0 Å². The summed E-state index contributed by atoms with van der Waals surface area (Å²) in [6.45, 7) is 6.28. The van der Waals surface area contributed by atoms with Gasteiger partial charge >= 0.3 is 5.97 Å². The van der Waals surface area contributed by atoms with Crippen LogP contribution < -0.4 is 4.74 Å². The summed E-state index contributed by atoms with van der Waals surface area (Å²) < 4.78 is 10.8. The summed E-state index contributed by atoms with van der Waals surface area (Å²) in [4.78, 5) is 11.6. The zero-order valence-corrected chi connectivity index (χ0v) is 19.4. The van der Waals surface area contributed by atoms with Gasteiger partial charge in [-0.05, 0) is 111 Å². The zero-order valence-electron chi connectivity index (χ0n) is 19.4. The Hall–Kier alpha value is -2.29.